The molecular formula is C22H33N3O2S. The molecule has 1 N–H and O–H groups in total. The fourth-order valence-electron chi connectivity index (χ4n) is 3.72. The maximum atomic E-state index is 10.4. The molecule has 0 saturated carbocycles. The molecule has 5 nitrogen and oxygen atoms in total. The van der Waals surface area contributed by atoms with Crippen LogP contribution < -0.4 is 4.74 Å². The summed E-state index contributed by atoms with van der Waals surface area (Å²) < 4.78 is 5.88. The second-order valence-electron chi connectivity index (χ2n) is 7.86. The van der Waals surface area contributed by atoms with Gasteiger partial charge in [0.25, 0.3) is 0 Å². The highest BCUT2D eigenvalue weighted by molar-refractivity contribution is 7.09. The number of nitrogens with zero attached hydrogens (tertiary/aromatic N) is 3. The Morgan fingerprint density at radius 1 is 1.21 bits per heavy atom. The molecule has 0 amide bonds. The number of thiazole rings is 1. The maximum Gasteiger partial charge on any atom is 0.119 e. The van der Waals surface area contributed by atoms with Gasteiger partial charge in [0.1, 0.15) is 18.5 Å². The molecule has 3 rings (SSSR count). The van der Waals surface area contributed by atoms with Crippen molar-refractivity contribution in [3.8, 4) is 5.75 Å². The van der Waals surface area contributed by atoms with Crippen LogP contribution >= 0.6 is 11.3 Å². The zero-order valence-corrected chi connectivity index (χ0v) is 18.0. The minimum atomic E-state index is -0.447. The van der Waals surface area contributed by atoms with Crippen molar-refractivity contribution < 1.29 is 9.84 Å². The van der Waals surface area contributed by atoms with Crippen molar-refractivity contribution in [2.75, 3.05) is 33.3 Å². The lowest BCUT2D eigenvalue weighted by atomic mass is 10.2. The maximum absolute atomic E-state index is 10.4. The van der Waals surface area contributed by atoms with E-state index in [0.717, 1.165) is 42.6 Å². The monoisotopic (exact) mass is 403 g/mol. The van der Waals surface area contributed by atoms with Gasteiger partial charge in [0.2, 0.25) is 0 Å². The minimum Gasteiger partial charge on any atom is -0.491 e. The summed E-state index contributed by atoms with van der Waals surface area (Å²) in [5, 5.41) is 13.6. The molecule has 1 aliphatic heterocycles. The van der Waals surface area contributed by atoms with Crippen LogP contribution in [-0.4, -0.2) is 59.3 Å². The number of hydrogen-bond donors (Lipinski definition) is 1. The Bertz CT molecular complexity index is 713. The van der Waals surface area contributed by atoms with E-state index in [1.165, 1.54) is 31.2 Å². The first-order valence-corrected chi connectivity index (χ1v) is 11.2. The molecule has 28 heavy (non-hydrogen) atoms. The van der Waals surface area contributed by atoms with E-state index >= 15 is 0 Å². The van der Waals surface area contributed by atoms with Crippen molar-refractivity contribution in [1.82, 2.24) is 14.8 Å². The van der Waals surface area contributed by atoms with Crippen LogP contribution in [0.3, 0.4) is 0 Å². The van der Waals surface area contributed by atoms with Gasteiger partial charge in [0.15, 0.2) is 0 Å². The third-order valence-corrected chi connectivity index (χ3v) is 5.88. The van der Waals surface area contributed by atoms with Gasteiger partial charge in [0, 0.05) is 25.0 Å². The summed E-state index contributed by atoms with van der Waals surface area (Å²) >= 11 is 1.69. The van der Waals surface area contributed by atoms with Gasteiger partial charge < -0.3 is 14.7 Å². The van der Waals surface area contributed by atoms with Gasteiger partial charge in [-0.1, -0.05) is 25.0 Å². The van der Waals surface area contributed by atoms with Crippen molar-refractivity contribution in [1.29, 1.82) is 0 Å². The fraction of sp³-hybridized carbons (Fsp3) is 0.591. The van der Waals surface area contributed by atoms with E-state index in [2.05, 4.69) is 39.3 Å². The van der Waals surface area contributed by atoms with Crippen LogP contribution in [0, 0.1) is 6.92 Å². The molecule has 1 aromatic heterocycles. The van der Waals surface area contributed by atoms with Crippen LogP contribution in [0.4, 0.5) is 0 Å². The quantitative estimate of drug-likeness (QED) is 0.692. The molecule has 0 aliphatic carbocycles. The summed E-state index contributed by atoms with van der Waals surface area (Å²) in [6, 6.07) is 8.17. The van der Waals surface area contributed by atoms with Crippen molar-refractivity contribution in [3.05, 3.63) is 45.9 Å². The highest BCUT2D eigenvalue weighted by atomic mass is 32.1. The largest absolute Gasteiger partial charge is 0.491 e. The van der Waals surface area contributed by atoms with Crippen LogP contribution in [0.25, 0.3) is 0 Å². The number of aliphatic hydroxyl groups excluding tert-OH is 1. The zero-order valence-electron chi connectivity index (χ0n) is 17.1. The third-order valence-electron chi connectivity index (χ3n) is 5.06. The Labute approximate surface area is 173 Å². The molecule has 1 fully saturated rings. The van der Waals surface area contributed by atoms with Crippen molar-refractivity contribution >= 4 is 11.3 Å². The summed E-state index contributed by atoms with van der Waals surface area (Å²) in [6.07, 6.45) is 4.66. The summed E-state index contributed by atoms with van der Waals surface area (Å²) in [4.78, 5) is 9.15. The number of aliphatic hydroxyl groups is 1. The highest BCUT2D eigenvalue weighted by Gasteiger charge is 2.14. The molecule has 2 aromatic rings. The van der Waals surface area contributed by atoms with Crippen LogP contribution in [0.2, 0.25) is 0 Å². The van der Waals surface area contributed by atoms with E-state index in [4.69, 9.17) is 4.74 Å². The SMILES string of the molecule is Cc1nc(CN(C)Cc2cccc(OC[C@@H](O)CN3CCCCCC3)c2)cs1. The van der Waals surface area contributed by atoms with Gasteiger partial charge in [-0.3, -0.25) is 4.90 Å². The van der Waals surface area contributed by atoms with Crippen molar-refractivity contribution in [2.24, 2.45) is 0 Å². The number of aromatic nitrogens is 1. The normalized spacial score (nSPS) is 16.9. The Kier molecular flexibility index (Phi) is 8.27. The molecule has 1 saturated heterocycles. The second kappa shape index (κ2) is 10.9. The average molecular weight is 404 g/mol. The first-order chi connectivity index (χ1) is 13.6. The molecule has 1 aromatic carbocycles. The van der Waals surface area contributed by atoms with Crippen molar-refractivity contribution in [3.63, 3.8) is 0 Å². The lowest BCUT2D eigenvalue weighted by molar-refractivity contribution is 0.0693. The summed E-state index contributed by atoms with van der Waals surface area (Å²) in [6.45, 7) is 6.95. The Morgan fingerprint density at radius 2 is 2.00 bits per heavy atom. The predicted molar refractivity (Wildman–Crippen MR) is 115 cm³/mol. The van der Waals surface area contributed by atoms with Gasteiger partial charge in [-0.2, -0.15) is 0 Å². The zero-order chi connectivity index (χ0) is 19.8. The lowest BCUT2D eigenvalue weighted by Gasteiger charge is -2.23. The van der Waals surface area contributed by atoms with Crippen LogP contribution in [0.5, 0.6) is 5.75 Å². The van der Waals surface area contributed by atoms with Crippen LogP contribution in [0.15, 0.2) is 29.6 Å². The van der Waals surface area contributed by atoms with E-state index < -0.39 is 6.10 Å². The minimum absolute atomic E-state index is 0.341. The van der Waals surface area contributed by atoms with E-state index in [9.17, 15) is 5.11 Å². The Balaban J connectivity index is 1.44. The van der Waals surface area contributed by atoms with Gasteiger partial charge in [0.05, 0.1) is 10.7 Å². The van der Waals surface area contributed by atoms with Gasteiger partial charge >= 0.3 is 0 Å². The smallest absolute Gasteiger partial charge is 0.119 e. The van der Waals surface area contributed by atoms with Crippen LogP contribution in [0.1, 0.15) is 41.9 Å². The fourth-order valence-corrected chi connectivity index (χ4v) is 4.32. The molecule has 154 valence electrons. The van der Waals surface area contributed by atoms with Gasteiger partial charge in [-0.15, -0.1) is 11.3 Å². The van der Waals surface area contributed by atoms with E-state index in [0.29, 0.717) is 13.2 Å². The number of rotatable bonds is 9. The number of β-amino-alcohol motifs (C(OH)–C–C–N with tert-alkyl or cyclic N) is 1. The molecule has 0 spiro atoms. The van der Waals surface area contributed by atoms with E-state index in [-0.39, 0.29) is 0 Å². The lowest BCUT2D eigenvalue weighted by Crippen LogP contribution is -2.36. The molecule has 0 radical (unpaired) electrons. The van der Waals surface area contributed by atoms with Crippen LogP contribution in [-0.2, 0) is 13.1 Å². The van der Waals surface area contributed by atoms with E-state index in [1.54, 1.807) is 11.3 Å². The van der Waals surface area contributed by atoms with Crippen molar-refractivity contribution in [2.45, 2.75) is 51.8 Å². The molecule has 2 heterocycles. The third kappa shape index (κ3) is 7.17. The Hall–Kier alpha value is -1.47. The summed E-state index contributed by atoms with van der Waals surface area (Å²) in [7, 11) is 2.10. The number of hydrogen-bond acceptors (Lipinski definition) is 6. The highest BCUT2D eigenvalue weighted by Crippen LogP contribution is 2.17. The molecule has 1 aliphatic rings. The number of aryl methyl sites for hydroxylation is 1. The summed E-state index contributed by atoms with van der Waals surface area (Å²) in [5.74, 6) is 0.824. The first-order valence-electron chi connectivity index (χ1n) is 10.3. The number of benzene rings is 1. The molecular weight excluding hydrogens is 370 g/mol. The topological polar surface area (TPSA) is 48.8 Å². The average Bonchev–Trinajstić information content (AvgIpc) is 2.90. The van der Waals surface area contributed by atoms with Gasteiger partial charge in [-0.05, 0) is 57.6 Å². The number of likely N-dealkylation sites (tertiary alicyclic amines) is 1. The molecule has 6 heteroatoms. The molecule has 0 unspecified atom stereocenters. The Morgan fingerprint density at radius 3 is 2.71 bits per heavy atom. The van der Waals surface area contributed by atoms with Gasteiger partial charge in [-0.25, -0.2) is 4.98 Å². The predicted octanol–water partition coefficient (Wildman–Crippen LogP) is 3.70. The van der Waals surface area contributed by atoms with E-state index in [1.807, 2.05) is 19.1 Å². The molecule has 1 atom stereocenters. The standard InChI is InChI=1S/C22H33N3O2S/c1-18-23-20(17-28-18)14-24(2)13-19-8-7-9-22(12-19)27-16-21(26)15-25-10-5-3-4-6-11-25/h7-9,12,17,21,26H,3-6,10-11,13-16H2,1-2H3/t21-/m0/s1. The first kappa shape index (κ1) is 21.2. The second-order valence-corrected chi connectivity index (χ2v) is 8.92. The molecule has 0 bridgehead atoms. The summed E-state index contributed by atoms with van der Waals surface area (Å²) in [5.41, 5.74) is 2.32. The number of ether oxygens (including phenoxy) is 1.